The predicted octanol–water partition coefficient (Wildman–Crippen LogP) is 1.30. The summed E-state index contributed by atoms with van der Waals surface area (Å²) in [6, 6.07) is 6.36. The van der Waals surface area contributed by atoms with Crippen molar-refractivity contribution in [1.29, 1.82) is 0 Å². The van der Waals surface area contributed by atoms with Crippen molar-refractivity contribution >= 4 is 21.4 Å². The topological polar surface area (TPSA) is 89.3 Å². The molecule has 0 unspecified atom stereocenters. The van der Waals surface area contributed by atoms with E-state index in [1.165, 1.54) is 6.07 Å². The third-order valence-electron chi connectivity index (χ3n) is 3.48. The number of hydrogen-bond donors (Lipinski definition) is 2. The molecule has 0 spiro atoms. The van der Waals surface area contributed by atoms with Crippen LogP contribution < -0.4 is 11.1 Å². The lowest BCUT2D eigenvalue weighted by Crippen LogP contribution is -2.48. The van der Waals surface area contributed by atoms with Crippen molar-refractivity contribution in [3.63, 3.8) is 0 Å². The van der Waals surface area contributed by atoms with Gasteiger partial charge in [-0.25, -0.2) is 8.42 Å². The normalized spacial score (nSPS) is 18.2. The lowest BCUT2D eigenvalue weighted by molar-refractivity contribution is -0.121. The molecule has 3 N–H and O–H groups in total. The third-order valence-corrected chi connectivity index (χ3v) is 4.64. The van der Waals surface area contributed by atoms with Crippen LogP contribution in [0.4, 0.5) is 5.69 Å². The Hall–Kier alpha value is -1.40. The molecule has 0 aromatic heterocycles. The van der Waals surface area contributed by atoms with Gasteiger partial charge >= 0.3 is 0 Å². The number of carbonyl (C=O) groups excluding carboxylic acids is 1. The zero-order valence-electron chi connectivity index (χ0n) is 10.8. The number of sulfone groups is 1. The molecule has 0 aliphatic heterocycles. The Bertz CT molecular complexity index is 590. The first kappa shape index (κ1) is 14.0. The van der Waals surface area contributed by atoms with Crippen molar-refractivity contribution in [2.45, 2.75) is 36.1 Å². The second kappa shape index (κ2) is 4.94. The fourth-order valence-electron chi connectivity index (χ4n) is 2.37. The van der Waals surface area contributed by atoms with Gasteiger partial charge in [-0.3, -0.25) is 4.79 Å². The average Bonchev–Trinajstić information content (AvgIpc) is 2.77. The first-order valence-electron chi connectivity index (χ1n) is 6.22. The molecule has 19 heavy (non-hydrogen) atoms. The molecule has 0 bridgehead atoms. The zero-order chi connectivity index (χ0) is 14.1. The van der Waals surface area contributed by atoms with Gasteiger partial charge in [-0.1, -0.05) is 25.0 Å². The highest BCUT2D eigenvalue weighted by atomic mass is 32.2. The highest BCUT2D eigenvalue weighted by molar-refractivity contribution is 7.90. The molecule has 1 aromatic carbocycles. The van der Waals surface area contributed by atoms with Crippen molar-refractivity contribution in [2.75, 3.05) is 11.6 Å². The minimum Gasteiger partial charge on any atom is -0.323 e. The second-order valence-electron chi connectivity index (χ2n) is 5.09. The number of hydrogen-bond acceptors (Lipinski definition) is 4. The fourth-order valence-corrected chi connectivity index (χ4v) is 3.22. The fraction of sp³-hybridized carbons (Fsp3) is 0.462. The Balaban J connectivity index is 2.27. The smallest absolute Gasteiger partial charge is 0.244 e. The van der Waals surface area contributed by atoms with E-state index in [-0.39, 0.29) is 10.8 Å². The van der Waals surface area contributed by atoms with E-state index in [1.807, 2.05) is 0 Å². The number of nitrogens with one attached hydrogen (secondary N) is 1. The molecule has 2 rings (SSSR count). The Labute approximate surface area is 113 Å². The van der Waals surface area contributed by atoms with Crippen molar-refractivity contribution in [3.8, 4) is 0 Å². The molecule has 1 aliphatic rings. The van der Waals surface area contributed by atoms with Crippen LogP contribution in [0.25, 0.3) is 0 Å². The Kier molecular flexibility index (Phi) is 3.64. The molecule has 1 fully saturated rings. The van der Waals surface area contributed by atoms with Crippen LogP contribution in [0, 0.1) is 0 Å². The Morgan fingerprint density at radius 3 is 2.42 bits per heavy atom. The molecular weight excluding hydrogens is 264 g/mol. The molecule has 6 heteroatoms. The molecule has 1 aromatic rings. The van der Waals surface area contributed by atoms with Gasteiger partial charge in [0, 0.05) is 6.26 Å². The van der Waals surface area contributed by atoms with Crippen LogP contribution in [-0.2, 0) is 14.6 Å². The number of anilines is 1. The van der Waals surface area contributed by atoms with Crippen LogP contribution >= 0.6 is 0 Å². The number of carbonyl (C=O) groups is 1. The number of amides is 1. The van der Waals surface area contributed by atoms with Crippen LogP contribution in [0.5, 0.6) is 0 Å². The van der Waals surface area contributed by atoms with Gasteiger partial charge in [0.1, 0.15) is 0 Å². The number of nitrogens with two attached hydrogens (primary N) is 1. The number of benzene rings is 1. The van der Waals surface area contributed by atoms with E-state index >= 15 is 0 Å². The van der Waals surface area contributed by atoms with E-state index in [9.17, 15) is 13.2 Å². The van der Waals surface area contributed by atoms with E-state index in [1.54, 1.807) is 18.2 Å². The summed E-state index contributed by atoms with van der Waals surface area (Å²) in [4.78, 5) is 12.3. The van der Waals surface area contributed by atoms with E-state index in [0.717, 1.165) is 19.1 Å². The second-order valence-corrected chi connectivity index (χ2v) is 7.07. The lowest BCUT2D eigenvalue weighted by Gasteiger charge is -2.22. The van der Waals surface area contributed by atoms with Gasteiger partial charge in [-0.15, -0.1) is 0 Å². The molecule has 104 valence electrons. The standard InChI is InChI=1S/C13H18N2O3S/c1-19(17,18)11-7-3-2-6-10(11)15-12(16)13(14)8-4-5-9-13/h2-3,6-7H,4-5,8-9,14H2,1H3,(H,15,16). The number of rotatable bonds is 3. The van der Waals surface area contributed by atoms with Crippen molar-refractivity contribution in [3.05, 3.63) is 24.3 Å². The predicted molar refractivity (Wildman–Crippen MR) is 73.6 cm³/mol. The lowest BCUT2D eigenvalue weighted by atomic mass is 9.98. The highest BCUT2D eigenvalue weighted by Crippen LogP contribution is 2.29. The molecule has 1 amide bonds. The van der Waals surface area contributed by atoms with Gasteiger partial charge in [0.15, 0.2) is 9.84 Å². The maximum absolute atomic E-state index is 12.2. The number of para-hydroxylation sites is 1. The summed E-state index contributed by atoms with van der Waals surface area (Å²) in [5.74, 6) is -0.305. The SMILES string of the molecule is CS(=O)(=O)c1ccccc1NC(=O)C1(N)CCCC1. The maximum atomic E-state index is 12.2. The van der Waals surface area contributed by atoms with Gasteiger partial charge < -0.3 is 11.1 Å². The molecule has 0 heterocycles. The van der Waals surface area contributed by atoms with Gasteiger partial charge in [0.25, 0.3) is 0 Å². The quantitative estimate of drug-likeness (QED) is 0.874. The van der Waals surface area contributed by atoms with E-state index in [0.29, 0.717) is 18.5 Å². The van der Waals surface area contributed by atoms with E-state index in [4.69, 9.17) is 5.73 Å². The van der Waals surface area contributed by atoms with Crippen LogP contribution in [0.1, 0.15) is 25.7 Å². The summed E-state index contributed by atoms with van der Waals surface area (Å²) in [5.41, 5.74) is 5.48. The Morgan fingerprint density at radius 1 is 1.26 bits per heavy atom. The summed E-state index contributed by atoms with van der Waals surface area (Å²) >= 11 is 0. The first-order chi connectivity index (χ1) is 8.83. The van der Waals surface area contributed by atoms with Gasteiger partial charge in [0.05, 0.1) is 16.1 Å². The zero-order valence-corrected chi connectivity index (χ0v) is 11.7. The summed E-state index contributed by atoms with van der Waals surface area (Å²) < 4.78 is 23.3. The minimum absolute atomic E-state index is 0.116. The molecular formula is C13H18N2O3S. The van der Waals surface area contributed by atoms with Crippen molar-refractivity contribution in [1.82, 2.24) is 0 Å². The average molecular weight is 282 g/mol. The monoisotopic (exact) mass is 282 g/mol. The largest absolute Gasteiger partial charge is 0.323 e. The minimum atomic E-state index is -3.38. The van der Waals surface area contributed by atoms with Crippen molar-refractivity contribution in [2.24, 2.45) is 5.73 Å². The van der Waals surface area contributed by atoms with Gasteiger partial charge in [-0.05, 0) is 25.0 Å². The molecule has 0 saturated heterocycles. The molecule has 0 radical (unpaired) electrons. The van der Waals surface area contributed by atoms with Crippen molar-refractivity contribution < 1.29 is 13.2 Å². The van der Waals surface area contributed by atoms with Crippen LogP contribution in [0.3, 0.4) is 0 Å². The van der Waals surface area contributed by atoms with E-state index < -0.39 is 15.4 Å². The molecule has 5 nitrogen and oxygen atoms in total. The molecule has 0 atom stereocenters. The highest BCUT2D eigenvalue weighted by Gasteiger charge is 2.37. The van der Waals surface area contributed by atoms with Crippen LogP contribution in [-0.4, -0.2) is 26.1 Å². The van der Waals surface area contributed by atoms with Crippen LogP contribution in [0.15, 0.2) is 29.2 Å². The maximum Gasteiger partial charge on any atom is 0.244 e. The summed E-state index contributed by atoms with van der Waals surface area (Å²) in [6.07, 6.45) is 4.25. The summed E-state index contributed by atoms with van der Waals surface area (Å²) in [6.45, 7) is 0. The van der Waals surface area contributed by atoms with Gasteiger partial charge in [-0.2, -0.15) is 0 Å². The summed E-state index contributed by atoms with van der Waals surface area (Å²) in [7, 11) is -3.38. The van der Waals surface area contributed by atoms with Crippen LogP contribution in [0.2, 0.25) is 0 Å². The Morgan fingerprint density at radius 2 is 1.84 bits per heavy atom. The molecule has 1 aliphatic carbocycles. The molecule has 1 saturated carbocycles. The van der Waals surface area contributed by atoms with Gasteiger partial charge in [0.2, 0.25) is 5.91 Å². The summed E-state index contributed by atoms with van der Waals surface area (Å²) in [5, 5.41) is 2.66. The first-order valence-corrected chi connectivity index (χ1v) is 8.11. The third kappa shape index (κ3) is 2.96. The van der Waals surface area contributed by atoms with E-state index in [2.05, 4.69) is 5.32 Å².